The summed E-state index contributed by atoms with van der Waals surface area (Å²) in [6.45, 7) is 0. The molecule has 0 bridgehead atoms. The minimum Gasteiger partial charge on any atom is -0.497 e. The third-order valence-electron chi connectivity index (χ3n) is 3.90. The quantitative estimate of drug-likeness (QED) is 0.648. The second kappa shape index (κ2) is 8.72. The molecule has 28 heavy (non-hydrogen) atoms. The molecule has 1 amide bonds. The number of rotatable bonds is 7. The van der Waals surface area contributed by atoms with E-state index >= 15 is 0 Å². The normalized spacial score (nSPS) is 10.1. The molecule has 0 aliphatic carbocycles. The van der Waals surface area contributed by atoms with Crippen molar-refractivity contribution >= 4 is 23.1 Å². The number of ether oxygens (including phenoxy) is 3. The number of aromatic nitrogens is 2. The van der Waals surface area contributed by atoms with Gasteiger partial charge < -0.3 is 24.8 Å². The number of carbonyl (C=O) groups excluding carboxylic acids is 1. The van der Waals surface area contributed by atoms with Crippen LogP contribution < -0.4 is 24.8 Å². The molecule has 1 heterocycles. The molecule has 0 aliphatic heterocycles. The van der Waals surface area contributed by atoms with Crippen LogP contribution in [0.3, 0.4) is 0 Å². The second-order valence-corrected chi connectivity index (χ2v) is 5.67. The largest absolute Gasteiger partial charge is 0.497 e. The van der Waals surface area contributed by atoms with Crippen molar-refractivity contribution in [3.05, 3.63) is 60.6 Å². The number of benzene rings is 2. The number of nitrogens with zero attached hydrogens (tertiary/aromatic N) is 2. The Morgan fingerprint density at radius 1 is 0.893 bits per heavy atom. The lowest BCUT2D eigenvalue weighted by atomic mass is 10.2. The molecular formula is C20H20N4O4. The standard InChI is InChI=1S/C20H20N4O4/c1-26-14-6-4-5-13(9-14)23-20(25)17-11-19(22-12-21-17)24-16-8-7-15(27-2)10-18(16)28-3/h4-12H,1-3H3,(H,23,25)(H,21,22,24). The summed E-state index contributed by atoms with van der Waals surface area (Å²) in [5.74, 6) is 1.99. The van der Waals surface area contributed by atoms with Crippen LogP contribution >= 0.6 is 0 Å². The summed E-state index contributed by atoms with van der Waals surface area (Å²) in [6, 6.07) is 14.0. The molecule has 0 saturated carbocycles. The van der Waals surface area contributed by atoms with Gasteiger partial charge in [0.1, 0.15) is 35.1 Å². The van der Waals surface area contributed by atoms with E-state index in [0.717, 1.165) is 0 Å². The Kier molecular flexibility index (Phi) is 5.91. The highest BCUT2D eigenvalue weighted by Crippen LogP contribution is 2.31. The number of nitrogens with one attached hydrogen (secondary N) is 2. The fourth-order valence-electron chi connectivity index (χ4n) is 2.49. The topological polar surface area (TPSA) is 94.6 Å². The summed E-state index contributed by atoms with van der Waals surface area (Å²) in [7, 11) is 4.71. The lowest BCUT2D eigenvalue weighted by molar-refractivity contribution is 0.102. The van der Waals surface area contributed by atoms with Gasteiger partial charge in [-0.25, -0.2) is 9.97 Å². The van der Waals surface area contributed by atoms with E-state index in [1.54, 1.807) is 69.9 Å². The fourth-order valence-corrected chi connectivity index (χ4v) is 2.49. The monoisotopic (exact) mass is 380 g/mol. The highest BCUT2D eigenvalue weighted by molar-refractivity contribution is 6.03. The summed E-state index contributed by atoms with van der Waals surface area (Å²) in [5.41, 5.74) is 1.50. The van der Waals surface area contributed by atoms with Crippen molar-refractivity contribution in [1.29, 1.82) is 0 Å². The molecule has 0 radical (unpaired) electrons. The summed E-state index contributed by atoms with van der Waals surface area (Å²) >= 11 is 0. The Morgan fingerprint density at radius 2 is 1.68 bits per heavy atom. The van der Waals surface area contributed by atoms with E-state index in [1.807, 2.05) is 0 Å². The van der Waals surface area contributed by atoms with Crippen molar-refractivity contribution in [1.82, 2.24) is 9.97 Å². The van der Waals surface area contributed by atoms with Gasteiger partial charge in [0.2, 0.25) is 0 Å². The van der Waals surface area contributed by atoms with Crippen molar-refractivity contribution in [2.45, 2.75) is 0 Å². The summed E-state index contributed by atoms with van der Waals surface area (Å²) in [5, 5.41) is 5.90. The number of hydrogen-bond donors (Lipinski definition) is 2. The first kappa shape index (κ1) is 19.0. The maximum Gasteiger partial charge on any atom is 0.274 e. The third-order valence-corrected chi connectivity index (χ3v) is 3.90. The van der Waals surface area contributed by atoms with Crippen molar-refractivity contribution < 1.29 is 19.0 Å². The minimum atomic E-state index is -0.361. The van der Waals surface area contributed by atoms with Gasteiger partial charge in [-0.15, -0.1) is 0 Å². The molecule has 144 valence electrons. The molecule has 0 aliphatic rings. The lowest BCUT2D eigenvalue weighted by Crippen LogP contribution is -2.14. The lowest BCUT2D eigenvalue weighted by Gasteiger charge is -2.12. The Bertz CT molecular complexity index is 978. The predicted molar refractivity (Wildman–Crippen MR) is 106 cm³/mol. The zero-order chi connectivity index (χ0) is 19.9. The molecule has 3 aromatic rings. The van der Waals surface area contributed by atoms with Crippen LogP contribution in [0.5, 0.6) is 17.2 Å². The average Bonchev–Trinajstić information content (AvgIpc) is 2.74. The molecule has 1 aromatic heterocycles. The number of carbonyl (C=O) groups is 1. The molecule has 0 saturated heterocycles. The van der Waals surface area contributed by atoms with Crippen molar-refractivity contribution in [3.8, 4) is 17.2 Å². The van der Waals surface area contributed by atoms with Crippen molar-refractivity contribution in [2.24, 2.45) is 0 Å². The van der Waals surface area contributed by atoms with E-state index in [9.17, 15) is 4.79 Å². The Balaban J connectivity index is 1.77. The maximum absolute atomic E-state index is 12.5. The Morgan fingerprint density at radius 3 is 2.43 bits per heavy atom. The van der Waals surface area contributed by atoms with Crippen LogP contribution in [0.1, 0.15) is 10.5 Å². The molecule has 2 aromatic carbocycles. The zero-order valence-corrected chi connectivity index (χ0v) is 15.7. The van der Waals surface area contributed by atoms with Crippen LogP contribution in [0.4, 0.5) is 17.2 Å². The molecule has 8 nitrogen and oxygen atoms in total. The van der Waals surface area contributed by atoms with Gasteiger partial charge in [0.25, 0.3) is 5.91 Å². The number of anilines is 3. The fraction of sp³-hybridized carbons (Fsp3) is 0.150. The molecule has 0 spiro atoms. The third kappa shape index (κ3) is 4.47. The summed E-state index contributed by atoms with van der Waals surface area (Å²) in [4.78, 5) is 20.7. The number of methoxy groups -OCH3 is 3. The van der Waals surface area contributed by atoms with Crippen LogP contribution in [-0.4, -0.2) is 37.2 Å². The first-order valence-corrected chi connectivity index (χ1v) is 8.39. The Labute approximate surface area is 162 Å². The van der Waals surface area contributed by atoms with Gasteiger partial charge >= 0.3 is 0 Å². The average molecular weight is 380 g/mol. The summed E-state index contributed by atoms with van der Waals surface area (Å²) in [6.07, 6.45) is 1.32. The van der Waals surface area contributed by atoms with Gasteiger partial charge in [0, 0.05) is 23.9 Å². The van der Waals surface area contributed by atoms with Crippen LogP contribution in [0.2, 0.25) is 0 Å². The van der Waals surface area contributed by atoms with Gasteiger partial charge in [-0.3, -0.25) is 4.79 Å². The van der Waals surface area contributed by atoms with E-state index in [0.29, 0.717) is 34.4 Å². The SMILES string of the molecule is COc1cccc(NC(=O)c2cc(Nc3ccc(OC)cc3OC)ncn2)c1. The van der Waals surface area contributed by atoms with Gasteiger partial charge in [-0.05, 0) is 24.3 Å². The van der Waals surface area contributed by atoms with Gasteiger partial charge in [0.15, 0.2) is 0 Å². The van der Waals surface area contributed by atoms with Gasteiger partial charge in [0.05, 0.1) is 27.0 Å². The molecular weight excluding hydrogens is 360 g/mol. The maximum atomic E-state index is 12.5. The van der Waals surface area contributed by atoms with Crippen LogP contribution in [0.15, 0.2) is 54.9 Å². The minimum absolute atomic E-state index is 0.216. The number of hydrogen-bond acceptors (Lipinski definition) is 7. The first-order valence-electron chi connectivity index (χ1n) is 8.39. The smallest absolute Gasteiger partial charge is 0.274 e. The van der Waals surface area contributed by atoms with E-state index in [4.69, 9.17) is 14.2 Å². The molecule has 8 heteroatoms. The predicted octanol–water partition coefficient (Wildman–Crippen LogP) is 3.50. The second-order valence-electron chi connectivity index (χ2n) is 5.67. The highest BCUT2D eigenvalue weighted by atomic mass is 16.5. The Hall–Kier alpha value is -3.81. The van der Waals surface area contributed by atoms with E-state index < -0.39 is 0 Å². The highest BCUT2D eigenvalue weighted by Gasteiger charge is 2.11. The molecule has 3 rings (SSSR count). The van der Waals surface area contributed by atoms with Gasteiger partial charge in [-0.2, -0.15) is 0 Å². The first-order chi connectivity index (χ1) is 13.6. The molecule has 0 fully saturated rings. The van der Waals surface area contributed by atoms with Crippen LogP contribution in [0.25, 0.3) is 0 Å². The molecule has 2 N–H and O–H groups in total. The van der Waals surface area contributed by atoms with Crippen molar-refractivity contribution in [2.75, 3.05) is 32.0 Å². The number of amides is 1. The van der Waals surface area contributed by atoms with E-state index in [2.05, 4.69) is 20.6 Å². The van der Waals surface area contributed by atoms with Gasteiger partial charge in [-0.1, -0.05) is 6.07 Å². The van der Waals surface area contributed by atoms with Crippen LogP contribution in [0, 0.1) is 0 Å². The summed E-state index contributed by atoms with van der Waals surface area (Å²) < 4.78 is 15.7. The molecule has 0 unspecified atom stereocenters. The van der Waals surface area contributed by atoms with E-state index in [1.165, 1.54) is 6.33 Å². The van der Waals surface area contributed by atoms with Crippen molar-refractivity contribution in [3.63, 3.8) is 0 Å². The zero-order valence-electron chi connectivity index (χ0n) is 15.7. The molecule has 0 atom stereocenters. The van der Waals surface area contributed by atoms with Crippen LogP contribution in [-0.2, 0) is 0 Å². The van der Waals surface area contributed by atoms with E-state index in [-0.39, 0.29) is 11.6 Å².